The van der Waals surface area contributed by atoms with Gasteiger partial charge >= 0.3 is 0 Å². The average molecular weight is 375 g/mol. The monoisotopic (exact) mass is 375 g/mol. The first-order valence-corrected chi connectivity index (χ1v) is 9.73. The zero-order valence-electron chi connectivity index (χ0n) is 14.2. The van der Waals surface area contributed by atoms with E-state index in [2.05, 4.69) is 29.1 Å². The van der Waals surface area contributed by atoms with Crippen LogP contribution in [0.3, 0.4) is 0 Å². The number of rotatable bonds is 5. The number of carbonyl (C=O) groups is 1. The Morgan fingerprint density at radius 2 is 2.12 bits per heavy atom. The molecule has 0 aliphatic rings. The maximum absolute atomic E-state index is 13.2. The van der Waals surface area contributed by atoms with E-state index in [9.17, 15) is 9.18 Å². The minimum Gasteiger partial charge on any atom is -0.325 e. The molecule has 0 spiro atoms. The minimum atomic E-state index is -0.375. The third kappa shape index (κ3) is 3.99. The molecular formula is C18H18FN3OS2. The SMILES string of the molecule is CCc1c(C)sc2nc(C)nc(SCC(=O)Nc3cccc(F)c3)c12. The Labute approximate surface area is 153 Å². The van der Waals surface area contributed by atoms with Crippen molar-refractivity contribution in [2.75, 3.05) is 11.1 Å². The maximum atomic E-state index is 13.2. The van der Waals surface area contributed by atoms with Gasteiger partial charge in [-0.1, -0.05) is 24.8 Å². The van der Waals surface area contributed by atoms with Gasteiger partial charge in [0.1, 0.15) is 21.5 Å². The summed E-state index contributed by atoms with van der Waals surface area (Å²) >= 11 is 3.05. The fraction of sp³-hybridized carbons (Fsp3) is 0.278. The second kappa shape index (κ2) is 7.49. The predicted octanol–water partition coefficient (Wildman–Crippen LogP) is 4.74. The van der Waals surface area contributed by atoms with Crippen molar-refractivity contribution < 1.29 is 9.18 Å². The van der Waals surface area contributed by atoms with E-state index >= 15 is 0 Å². The van der Waals surface area contributed by atoms with Crippen LogP contribution in [-0.4, -0.2) is 21.6 Å². The summed E-state index contributed by atoms with van der Waals surface area (Å²) in [7, 11) is 0. The number of fused-ring (bicyclic) bond motifs is 1. The molecule has 4 nitrogen and oxygen atoms in total. The van der Waals surface area contributed by atoms with Crippen molar-refractivity contribution in [2.45, 2.75) is 32.2 Å². The number of benzene rings is 1. The summed E-state index contributed by atoms with van der Waals surface area (Å²) in [4.78, 5) is 23.4. The van der Waals surface area contributed by atoms with Crippen molar-refractivity contribution in [2.24, 2.45) is 0 Å². The fourth-order valence-electron chi connectivity index (χ4n) is 2.66. The van der Waals surface area contributed by atoms with Crippen molar-refractivity contribution in [1.82, 2.24) is 9.97 Å². The summed E-state index contributed by atoms with van der Waals surface area (Å²) in [5, 5.41) is 4.60. The first-order chi connectivity index (χ1) is 12.0. The highest BCUT2D eigenvalue weighted by atomic mass is 32.2. The molecule has 1 N–H and O–H groups in total. The van der Waals surface area contributed by atoms with Gasteiger partial charge in [-0.15, -0.1) is 11.3 Å². The molecule has 25 heavy (non-hydrogen) atoms. The molecule has 0 aliphatic carbocycles. The lowest BCUT2D eigenvalue weighted by Crippen LogP contribution is -2.14. The van der Waals surface area contributed by atoms with Gasteiger partial charge in [-0.25, -0.2) is 14.4 Å². The number of carbonyl (C=O) groups excluding carboxylic acids is 1. The van der Waals surface area contributed by atoms with Crippen LogP contribution in [0.5, 0.6) is 0 Å². The Balaban J connectivity index is 1.79. The summed E-state index contributed by atoms with van der Waals surface area (Å²) in [6, 6.07) is 5.87. The summed E-state index contributed by atoms with van der Waals surface area (Å²) in [5.41, 5.74) is 1.70. The Kier molecular flexibility index (Phi) is 5.34. The number of amides is 1. The number of hydrogen-bond donors (Lipinski definition) is 1. The van der Waals surface area contributed by atoms with Crippen molar-refractivity contribution in [3.05, 3.63) is 46.3 Å². The third-order valence-corrected chi connectivity index (χ3v) is 5.75. The molecule has 0 radical (unpaired) electrons. The van der Waals surface area contributed by atoms with E-state index in [1.165, 1.54) is 34.3 Å². The molecule has 0 fully saturated rings. The van der Waals surface area contributed by atoms with Crippen LogP contribution in [0.4, 0.5) is 10.1 Å². The van der Waals surface area contributed by atoms with Crippen molar-refractivity contribution in [3.8, 4) is 0 Å². The summed E-state index contributed by atoms with van der Waals surface area (Å²) in [5.74, 6) is 0.342. The van der Waals surface area contributed by atoms with E-state index in [4.69, 9.17) is 0 Å². The lowest BCUT2D eigenvalue weighted by atomic mass is 10.1. The van der Waals surface area contributed by atoms with Gasteiger partial charge in [0.15, 0.2) is 0 Å². The first kappa shape index (κ1) is 17.8. The predicted molar refractivity (Wildman–Crippen MR) is 102 cm³/mol. The van der Waals surface area contributed by atoms with Crippen LogP contribution in [0.2, 0.25) is 0 Å². The number of hydrogen-bond acceptors (Lipinski definition) is 5. The summed E-state index contributed by atoms with van der Waals surface area (Å²) in [6.45, 7) is 6.06. The molecule has 130 valence electrons. The van der Waals surface area contributed by atoms with Crippen LogP contribution < -0.4 is 5.32 Å². The highest BCUT2D eigenvalue weighted by Gasteiger charge is 2.16. The molecule has 2 heterocycles. The Morgan fingerprint density at radius 3 is 2.84 bits per heavy atom. The normalized spacial score (nSPS) is 11.0. The lowest BCUT2D eigenvalue weighted by molar-refractivity contribution is -0.113. The van der Waals surface area contributed by atoms with Crippen LogP contribution in [-0.2, 0) is 11.2 Å². The zero-order chi connectivity index (χ0) is 18.0. The van der Waals surface area contributed by atoms with E-state index < -0.39 is 0 Å². The molecule has 3 aromatic rings. The van der Waals surface area contributed by atoms with E-state index in [1.807, 2.05) is 6.92 Å². The number of nitrogens with one attached hydrogen (secondary N) is 1. The molecule has 0 saturated carbocycles. The standard InChI is InChI=1S/C18H18FN3OS2/c1-4-14-10(2)25-18-16(14)17(20-11(3)21-18)24-9-15(23)22-13-7-5-6-12(19)8-13/h5-8H,4,9H2,1-3H3,(H,22,23). The Bertz CT molecular complexity index is 939. The molecule has 0 atom stereocenters. The van der Waals surface area contributed by atoms with Gasteiger partial charge < -0.3 is 5.32 Å². The summed E-state index contributed by atoms with van der Waals surface area (Å²) in [6.07, 6.45) is 0.904. The van der Waals surface area contributed by atoms with Crippen molar-refractivity contribution in [1.29, 1.82) is 0 Å². The number of aryl methyl sites for hydroxylation is 3. The number of anilines is 1. The summed E-state index contributed by atoms with van der Waals surface area (Å²) < 4.78 is 13.2. The van der Waals surface area contributed by atoms with Crippen LogP contribution in [0.25, 0.3) is 10.2 Å². The highest BCUT2D eigenvalue weighted by Crippen LogP contribution is 2.35. The topological polar surface area (TPSA) is 54.9 Å². The van der Waals surface area contributed by atoms with Gasteiger partial charge in [0, 0.05) is 16.0 Å². The maximum Gasteiger partial charge on any atom is 0.234 e. The third-order valence-electron chi connectivity index (χ3n) is 3.73. The molecule has 1 amide bonds. The number of nitrogens with zero attached hydrogens (tertiary/aromatic N) is 2. The Hall–Kier alpha value is -1.99. The second-order valence-corrected chi connectivity index (χ2v) is 7.76. The van der Waals surface area contributed by atoms with Crippen LogP contribution >= 0.6 is 23.1 Å². The van der Waals surface area contributed by atoms with Gasteiger partial charge in [0.05, 0.1) is 5.75 Å². The smallest absolute Gasteiger partial charge is 0.234 e. The van der Waals surface area contributed by atoms with E-state index in [-0.39, 0.29) is 17.5 Å². The number of halogens is 1. The zero-order valence-corrected chi connectivity index (χ0v) is 15.9. The molecule has 0 unspecified atom stereocenters. The first-order valence-electron chi connectivity index (χ1n) is 7.92. The van der Waals surface area contributed by atoms with E-state index in [0.717, 1.165) is 21.7 Å². The average Bonchev–Trinajstić information content (AvgIpc) is 2.87. The van der Waals surface area contributed by atoms with E-state index in [1.54, 1.807) is 23.5 Å². The minimum absolute atomic E-state index is 0.190. The number of aromatic nitrogens is 2. The largest absolute Gasteiger partial charge is 0.325 e. The van der Waals surface area contributed by atoms with Gasteiger partial charge in [0.2, 0.25) is 5.91 Å². The number of thiophene rings is 1. The molecule has 2 aromatic heterocycles. The van der Waals surface area contributed by atoms with Gasteiger partial charge in [-0.3, -0.25) is 4.79 Å². The van der Waals surface area contributed by atoms with Gasteiger partial charge in [0.25, 0.3) is 0 Å². The Morgan fingerprint density at radius 1 is 1.32 bits per heavy atom. The lowest BCUT2D eigenvalue weighted by Gasteiger charge is -2.07. The quantitative estimate of drug-likeness (QED) is 0.517. The molecule has 3 rings (SSSR count). The molecule has 7 heteroatoms. The molecular weight excluding hydrogens is 357 g/mol. The van der Waals surface area contributed by atoms with Gasteiger partial charge in [-0.05, 0) is 44.0 Å². The molecule has 1 aromatic carbocycles. The number of thioether (sulfide) groups is 1. The van der Waals surface area contributed by atoms with Crippen molar-refractivity contribution >= 4 is 44.9 Å². The molecule has 0 bridgehead atoms. The van der Waals surface area contributed by atoms with Gasteiger partial charge in [-0.2, -0.15) is 0 Å². The molecule has 0 saturated heterocycles. The van der Waals surface area contributed by atoms with Crippen LogP contribution in [0, 0.1) is 19.7 Å². The van der Waals surface area contributed by atoms with Crippen LogP contribution in [0.15, 0.2) is 29.3 Å². The van der Waals surface area contributed by atoms with E-state index in [0.29, 0.717) is 11.5 Å². The molecule has 0 aliphatic heterocycles. The van der Waals surface area contributed by atoms with Crippen LogP contribution in [0.1, 0.15) is 23.2 Å². The van der Waals surface area contributed by atoms with Crippen molar-refractivity contribution in [3.63, 3.8) is 0 Å². The fourth-order valence-corrected chi connectivity index (χ4v) is 4.79. The highest BCUT2D eigenvalue weighted by molar-refractivity contribution is 8.00. The second-order valence-electron chi connectivity index (χ2n) is 5.59.